The Hall–Kier alpha value is -1.55. The van der Waals surface area contributed by atoms with Crippen molar-refractivity contribution in [2.45, 2.75) is 12.3 Å². The monoisotopic (exact) mass is 238 g/mol. The minimum absolute atomic E-state index is 0.278. The van der Waals surface area contributed by atoms with Crippen molar-refractivity contribution in [2.24, 2.45) is 0 Å². The highest BCUT2D eigenvalue weighted by Gasteiger charge is 2.12. The maximum atomic E-state index is 5.84. The van der Waals surface area contributed by atoms with Crippen LogP contribution >= 0.6 is 11.6 Å². The molecule has 84 valence electrons. The fraction of sp³-hybridized carbons (Fsp3) is 0.273. The number of rotatable bonds is 3. The van der Waals surface area contributed by atoms with E-state index < -0.39 is 0 Å². The lowest BCUT2D eigenvalue weighted by atomic mass is 10.2. The zero-order chi connectivity index (χ0) is 11.5. The highest BCUT2D eigenvalue weighted by atomic mass is 35.5. The van der Waals surface area contributed by atoms with Gasteiger partial charge in [-0.3, -0.25) is 0 Å². The van der Waals surface area contributed by atoms with Gasteiger partial charge in [-0.05, 0) is 31.2 Å². The molecule has 1 aromatic carbocycles. The SMILES string of the molecule is COc1ccc(-c2nnc([C@H](C)Cl)o2)cc1. The first kappa shape index (κ1) is 11.0. The van der Waals surface area contributed by atoms with Gasteiger partial charge in [0.2, 0.25) is 11.8 Å². The molecule has 0 bridgehead atoms. The third-order valence-electron chi connectivity index (χ3n) is 2.12. The molecular formula is C11H11ClN2O2. The van der Waals surface area contributed by atoms with Crippen LogP contribution in [-0.4, -0.2) is 17.3 Å². The molecule has 0 fully saturated rings. The molecule has 0 aliphatic heterocycles. The van der Waals surface area contributed by atoms with E-state index in [1.807, 2.05) is 24.3 Å². The van der Waals surface area contributed by atoms with Crippen LogP contribution in [0.5, 0.6) is 5.75 Å². The van der Waals surface area contributed by atoms with Gasteiger partial charge in [0, 0.05) is 5.56 Å². The van der Waals surface area contributed by atoms with Crippen molar-refractivity contribution in [3.05, 3.63) is 30.2 Å². The third-order valence-corrected chi connectivity index (χ3v) is 2.30. The summed E-state index contributed by atoms with van der Waals surface area (Å²) >= 11 is 5.84. The molecule has 0 aliphatic carbocycles. The topological polar surface area (TPSA) is 48.2 Å². The number of hydrogen-bond donors (Lipinski definition) is 0. The van der Waals surface area contributed by atoms with Crippen LogP contribution in [0.2, 0.25) is 0 Å². The number of halogens is 1. The molecular weight excluding hydrogens is 228 g/mol. The molecule has 0 spiro atoms. The average molecular weight is 239 g/mol. The molecule has 1 aromatic heterocycles. The van der Waals surface area contributed by atoms with E-state index >= 15 is 0 Å². The molecule has 2 aromatic rings. The first-order valence-corrected chi connectivity index (χ1v) is 5.26. The zero-order valence-corrected chi connectivity index (χ0v) is 9.73. The summed E-state index contributed by atoms with van der Waals surface area (Å²) in [6.07, 6.45) is 0. The number of hydrogen-bond acceptors (Lipinski definition) is 4. The lowest BCUT2D eigenvalue weighted by Crippen LogP contribution is -1.82. The molecule has 0 amide bonds. The van der Waals surface area contributed by atoms with Gasteiger partial charge in [-0.15, -0.1) is 21.8 Å². The van der Waals surface area contributed by atoms with Gasteiger partial charge in [-0.2, -0.15) is 0 Å². The van der Waals surface area contributed by atoms with Crippen molar-refractivity contribution in [1.82, 2.24) is 10.2 Å². The van der Waals surface area contributed by atoms with Crippen LogP contribution in [0.25, 0.3) is 11.5 Å². The second-order valence-corrected chi connectivity index (χ2v) is 3.94. The first-order chi connectivity index (χ1) is 7.70. The van der Waals surface area contributed by atoms with Crippen LogP contribution in [0.4, 0.5) is 0 Å². The fourth-order valence-corrected chi connectivity index (χ4v) is 1.33. The molecule has 16 heavy (non-hydrogen) atoms. The van der Waals surface area contributed by atoms with Crippen LogP contribution in [0.1, 0.15) is 18.2 Å². The Balaban J connectivity index is 2.28. The maximum Gasteiger partial charge on any atom is 0.247 e. The van der Waals surface area contributed by atoms with Crippen molar-refractivity contribution in [3.63, 3.8) is 0 Å². The van der Waals surface area contributed by atoms with Crippen molar-refractivity contribution in [3.8, 4) is 17.2 Å². The minimum Gasteiger partial charge on any atom is -0.497 e. The van der Waals surface area contributed by atoms with E-state index in [-0.39, 0.29) is 5.38 Å². The standard InChI is InChI=1S/C11H11ClN2O2/c1-7(12)10-13-14-11(16-10)8-3-5-9(15-2)6-4-8/h3-7H,1-2H3/t7-/m0/s1. The average Bonchev–Trinajstić information content (AvgIpc) is 2.78. The molecule has 5 heteroatoms. The number of nitrogens with zero attached hydrogens (tertiary/aromatic N) is 2. The third kappa shape index (κ3) is 2.17. The number of benzene rings is 1. The Kier molecular flexibility index (Phi) is 3.10. The Morgan fingerprint density at radius 2 is 1.94 bits per heavy atom. The van der Waals surface area contributed by atoms with Gasteiger partial charge in [0.1, 0.15) is 11.1 Å². The van der Waals surface area contributed by atoms with Crippen molar-refractivity contribution in [1.29, 1.82) is 0 Å². The van der Waals surface area contributed by atoms with E-state index in [0.29, 0.717) is 11.8 Å². The zero-order valence-electron chi connectivity index (χ0n) is 8.98. The van der Waals surface area contributed by atoms with Crippen molar-refractivity contribution < 1.29 is 9.15 Å². The van der Waals surface area contributed by atoms with E-state index in [1.54, 1.807) is 14.0 Å². The lowest BCUT2D eigenvalue weighted by Gasteiger charge is -1.99. The Labute approximate surface area is 98.2 Å². The van der Waals surface area contributed by atoms with Crippen molar-refractivity contribution in [2.75, 3.05) is 7.11 Å². The van der Waals surface area contributed by atoms with Gasteiger partial charge in [0.25, 0.3) is 0 Å². The fourth-order valence-electron chi connectivity index (χ4n) is 1.25. The minimum atomic E-state index is -0.278. The largest absolute Gasteiger partial charge is 0.497 e. The van der Waals surface area contributed by atoms with Gasteiger partial charge in [0.05, 0.1) is 7.11 Å². The molecule has 2 rings (SSSR count). The number of methoxy groups -OCH3 is 1. The smallest absolute Gasteiger partial charge is 0.247 e. The molecule has 0 saturated heterocycles. The van der Waals surface area contributed by atoms with Crippen LogP contribution < -0.4 is 4.74 Å². The van der Waals surface area contributed by atoms with E-state index in [1.165, 1.54) is 0 Å². The molecule has 0 aliphatic rings. The van der Waals surface area contributed by atoms with Gasteiger partial charge in [-0.1, -0.05) is 0 Å². The van der Waals surface area contributed by atoms with Gasteiger partial charge in [0.15, 0.2) is 0 Å². The quantitative estimate of drug-likeness (QED) is 0.771. The highest BCUT2D eigenvalue weighted by Crippen LogP contribution is 2.24. The van der Waals surface area contributed by atoms with Crippen LogP contribution in [0, 0.1) is 0 Å². The molecule has 0 unspecified atom stereocenters. The first-order valence-electron chi connectivity index (χ1n) is 4.82. The summed E-state index contributed by atoms with van der Waals surface area (Å²) in [5.74, 6) is 1.67. The molecule has 1 atom stereocenters. The molecule has 0 radical (unpaired) electrons. The highest BCUT2D eigenvalue weighted by molar-refractivity contribution is 6.20. The summed E-state index contributed by atoms with van der Waals surface area (Å²) in [4.78, 5) is 0. The van der Waals surface area contributed by atoms with E-state index in [0.717, 1.165) is 11.3 Å². The molecule has 0 saturated carbocycles. The molecule has 4 nitrogen and oxygen atoms in total. The van der Waals surface area contributed by atoms with Crippen LogP contribution in [0.3, 0.4) is 0 Å². The predicted molar refractivity (Wildman–Crippen MR) is 60.6 cm³/mol. The van der Waals surface area contributed by atoms with Crippen LogP contribution in [-0.2, 0) is 0 Å². The summed E-state index contributed by atoms with van der Waals surface area (Å²) in [7, 11) is 1.62. The van der Waals surface area contributed by atoms with E-state index in [9.17, 15) is 0 Å². The van der Waals surface area contributed by atoms with Crippen LogP contribution in [0.15, 0.2) is 28.7 Å². The van der Waals surface area contributed by atoms with Gasteiger partial charge < -0.3 is 9.15 Å². The second-order valence-electron chi connectivity index (χ2n) is 3.29. The summed E-state index contributed by atoms with van der Waals surface area (Å²) in [6.45, 7) is 1.78. The Morgan fingerprint density at radius 1 is 1.25 bits per heavy atom. The Bertz CT molecular complexity index is 465. The van der Waals surface area contributed by atoms with Crippen molar-refractivity contribution >= 4 is 11.6 Å². The van der Waals surface area contributed by atoms with E-state index in [4.69, 9.17) is 20.8 Å². The number of aromatic nitrogens is 2. The molecule has 0 N–H and O–H groups in total. The number of ether oxygens (including phenoxy) is 1. The van der Waals surface area contributed by atoms with Gasteiger partial charge >= 0.3 is 0 Å². The number of alkyl halides is 1. The summed E-state index contributed by atoms with van der Waals surface area (Å²) in [6, 6.07) is 7.39. The predicted octanol–water partition coefficient (Wildman–Crippen LogP) is 3.05. The second kappa shape index (κ2) is 4.53. The van der Waals surface area contributed by atoms with Gasteiger partial charge in [-0.25, -0.2) is 0 Å². The normalized spacial score (nSPS) is 12.4. The lowest BCUT2D eigenvalue weighted by molar-refractivity contribution is 0.415. The Morgan fingerprint density at radius 3 is 2.44 bits per heavy atom. The summed E-state index contributed by atoms with van der Waals surface area (Å²) < 4.78 is 10.5. The maximum absolute atomic E-state index is 5.84. The summed E-state index contributed by atoms with van der Waals surface area (Å²) in [5.41, 5.74) is 0.844. The molecule has 1 heterocycles. The van der Waals surface area contributed by atoms with E-state index in [2.05, 4.69) is 10.2 Å². The summed E-state index contributed by atoms with van der Waals surface area (Å²) in [5, 5.41) is 7.50.